The van der Waals surface area contributed by atoms with Gasteiger partial charge in [-0.15, -0.1) is 11.3 Å². The Hall–Kier alpha value is -0.460. The van der Waals surface area contributed by atoms with E-state index in [1.165, 1.54) is 6.26 Å². The number of thiazole rings is 1. The summed E-state index contributed by atoms with van der Waals surface area (Å²) in [7, 11) is -2.93. The molecule has 15 heavy (non-hydrogen) atoms. The summed E-state index contributed by atoms with van der Waals surface area (Å²) in [4.78, 5) is 5.09. The number of hydrogen-bond acceptors (Lipinski definition) is 5. The number of rotatable bonds is 6. The van der Waals surface area contributed by atoms with Gasteiger partial charge in [0.1, 0.15) is 9.84 Å². The van der Waals surface area contributed by atoms with Crippen LogP contribution in [-0.2, 0) is 16.3 Å². The van der Waals surface area contributed by atoms with Crippen LogP contribution in [-0.4, -0.2) is 38.0 Å². The minimum absolute atomic E-state index is 0.00884. The quantitative estimate of drug-likeness (QED) is 0.805. The molecule has 0 aliphatic carbocycles. The summed E-state index contributed by atoms with van der Waals surface area (Å²) in [6.45, 7) is 2.75. The molecule has 6 heteroatoms. The number of aromatic nitrogens is 1. The van der Waals surface area contributed by atoms with Gasteiger partial charge >= 0.3 is 0 Å². The summed E-state index contributed by atoms with van der Waals surface area (Å²) in [5.41, 5.74) is 1.76. The Kier molecular flexibility index (Phi) is 4.69. The molecular weight excluding hydrogens is 232 g/mol. The van der Waals surface area contributed by atoms with E-state index in [0.29, 0.717) is 0 Å². The zero-order chi connectivity index (χ0) is 11.3. The molecular formula is C9H16N2O2S2. The Morgan fingerprint density at radius 2 is 2.33 bits per heavy atom. The van der Waals surface area contributed by atoms with Gasteiger partial charge in [0.15, 0.2) is 0 Å². The molecule has 1 aromatic rings. The van der Waals surface area contributed by atoms with Crippen molar-refractivity contribution in [3.05, 3.63) is 16.6 Å². The van der Waals surface area contributed by atoms with Crippen LogP contribution in [0.4, 0.5) is 0 Å². The van der Waals surface area contributed by atoms with Gasteiger partial charge in [-0.05, 0) is 13.0 Å². The monoisotopic (exact) mass is 248 g/mol. The predicted octanol–water partition coefficient (Wildman–Crippen LogP) is 0.708. The van der Waals surface area contributed by atoms with Gasteiger partial charge in [0.25, 0.3) is 0 Å². The maximum absolute atomic E-state index is 11.2. The molecule has 0 amide bonds. The van der Waals surface area contributed by atoms with E-state index >= 15 is 0 Å². The second-order valence-corrected chi connectivity index (χ2v) is 6.67. The van der Waals surface area contributed by atoms with Gasteiger partial charge in [0, 0.05) is 23.4 Å². The maximum Gasteiger partial charge on any atom is 0.148 e. The average molecular weight is 248 g/mol. The molecule has 1 rings (SSSR count). The van der Waals surface area contributed by atoms with Crippen LogP contribution >= 0.6 is 11.3 Å². The summed E-state index contributed by atoms with van der Waals surface area (Å²) in [6, 6.07) is -0.00884. The van der Waals surface area contributed by atoms with E-state index in [1.807, 2.05) is 6.92 Å². The Morgan fingerprint density at radius 1 is 1.60 bits per heavy atom. The van der Waals surface area contributed by atoms with Gasteiger partial charge in [-0.2, -0.15) is 0 Å². The summed E-state index contributed by atoms with van der Waals surface area (Å²) in [5.74, 6) is 0.179. The molecule has 1 atom stereocenters. The largest absolute Gasteiger partial charge is 0.313 e. The van der Waals surface area contributed by atoms with Crippen LogP contribution in [0.1, 0.15) is 11.8 Å². The lowest BCUT2D eigenvalue weighted by Gasteiger charge is -2.15. The van der Waals surface area contributed by atoms with E-state index in [9.17, 15) is 8.42 Å². The Labute approximate surface area is 94.7 Å². The fourth-order valence-electron chi connectivity index (χ4n) is 1.43. The van der Waals surface area contributed by atoms with Crippen LogP contribution in [0.3, 0.4) is 0 Å². The third kappa shape index (κ3) is 5.25. The number of nitrogens with one attached hydrogen (secondary N) is 1. The van der Waals surface area contributed by atoms with Gasteiger partial charge in [-0.3, -0.25) is 4.98 Å². The summed E-state index contributed by atoms with van der Waals surface area (Å²) >= 11 is 1.56. The standard InChI is InChI=1S/C9H16N2O2S2/c1-3-11-8(6-15(2,12)13)4-9-5-10-7-14-9/h5,7-8,11H,3-4,6H2,1-2H3. The second kappa shape index (κ2) is 5.58. The normalized spacial score (nSPS) is 14.0. The molecule has 1 heterocycles. The first-order valence-corrected chi connectivity index (χ1v) is 7.73. The van der Waals surface area contributed by atoms with Gasteiger partial charge in [0.2, 0.25) is 0 Å². The fourth-order valence-corrected chi connectivity index (χ4v) is 3.07. The molecule has 1 aromatic heterocycles. The highest BCUT2D eigenvalue weighted by Crippen LogP contribution is 2.09. The number of likely N-dealkylation sites (N-methyl/N-ethyl adjacent to an activating group) is 1. The lowest BCUT2D eigenvalue weighted by molar-refractivity contribution is 0.547. The highest BCUT2D eigenvalue weighted by atomic mass is 32.2. The predicted molar refractivity (Wildman–Crippen MR) is 63.0 cm³/mol. The summed E-state index contributed by atoms with van der Waals surface area (Å²) in [6.07, 6.45) is 3.78. The van der Waals surface area contributed by atoms with Crippen LogP contribution in [0, 0.1) is 0 Å². The van der Waals surface area contributed by atoms with Crippen molar-refractivity contribution >= 4 is 21.2 Å². The number of nitrogens with zero attached hydrogens (tertiary/aromatic N) is 1. The molecule has 0 aliphatic heterocycles. The minimum Gasteiger partial charge on any atom is -0.313 e. The van der Waals surface area contributed by atoms with E-state index in [1.54, 1.807) is 23.0 Å². The van der Waals surface area contributed by atoms with Crippen molar-refractivity contribution in [1.82, 2.24) is 10.3 Å². The molecule has 1 N–H and O–H groups in total. The zero-order valence-corrected chi connectivity index (χ0v) is 10.6. The third-order valence-electron chi connectivity index (χ3n) is 1.93. The highest BCUT2D eigenvalue weighted by Gasteiger charge is 2.15. The maximum atomic E-state index is 11.2. The van der Waals surface area contributed by atoms with Crippen molar-refractivity contribution < 1.29 is 8.42 Å². The van der Waals surface area contributed by atoms with Crippen molar-refractivity contribution in [3.8, 4) is 0 Å². The average Bonchev–Trinajstić information content (AvgIpc) is 2.54. The van der Waals surface area contributed by atoms with Crippen LogP contribution < -0.4 is 5.32 Å². The third-order valence-corrected chi connectivity index (χ3v) is 3.74. The molecule has 0 saturated carbocycles. The Balaban J connectivity index is 2.58. The number of hydrogen-bond donors (Lipinski definition) is 1. The van der Waals surface area contributed by atoms with Crippen molar-refractivity contribution in [1.29, 1.82) is 0 Å². The van der Waals surface area contributed by atoms with E-state index < -0.39 is 9.84 Å². The van der Waals surface area contributed by atoms with Gasteiger partial charge in [-0.1, -0.05) is 6.92 Å². The topological polar surface area (TPSA) is 59.1 Å². The van der Waals surface area contributed by atoms with Crippen LogP contribution in [0.5, 0.6) is 0 Å². The number of sulfone groups is 1. The molecule has 0 aromatic carbocycles. The lowest BCUT2D eigenvalue weighted by Crippen LogP contribution is -2.36. The molecule has 1 unspecified atom stereocenters. The van der Waals surface area contributed by atoms with Crippen molar-refractivity contribution in [2.24, 2.45) is 0 Å². The van der Waals surface area contributed by atoms with Crippen LogP contribution in [0.2, 0.25) is 0 Å². The smallest absolute Gasteiger partial charge is 0.148 e. The summed E-state index contributed by atoms with van der Waals surface area (Å²) < 4.78 is 22.4. The Morgan fingerprint density at radius 3 is 2.80 bits per heavy atom. The van der Waals surface area contributed by atoms with E-state index in [2.05, 4.69) is 10.3 Å². The van der Waals surface area contributed by atoms with Crippen LogP contribution in [0.15, 0.2) is 11.7 Å². The van der Waals surface area contributed by atoms with Crippen LogP contribution in [0.25, 0.3) is 0 Å². The molecule has 0 bridgehead atoms. The highest BCUT2D eigenvalue weighted by molar-refractivity contribution is 7.90. The van der Waals surface area contributed by atoms with E-state index in [0.717, 1.165) is 17.8 Å². The second-order valence-electron chi connectivity index (χ2n) is 3.52. The molecule has 0 saturated heterocycles. The lowest BCUT2D eigenvalue weighted by atomic mass is 10.2. The molecule has 4 nitrogen and oxygen atoms in total. The van der Waals surface area contributed by atoms with Crippen molar-refractivity contribution in [3.63, 3.8) is 0 Å². The van der Waals surface area contributed by atoms with E-state index in [-0.39, 0.29) is 11.8 Å². The molecule has 0 spiro atoms. The summed E-state index contributed by atoms with van der Waals surface area (Å²) in [5, 5.41) is 3.18. The molecule has 0 fully saturated rings. The van der Waals surface area contributed by atoms with Gasteiger partial charge in [-0.25, -0.2) is 8.42 Å². The van der Waals surface area contributed by atoms with Gasteiger partial charge < -0.3 is 5.32 Å². The zero-order valence-electron chi connectivity index (χ0n) is 8.93. The molecule has 86 valence electrons. The molecule has 0 aliphatic rings. The SMILES string of the molecule is CCNC(Cc1cncs1)CS(C)(=O)=O. The minimum atomic E-state index is -2.93. The van der Waals surface area contributed by atoms with Gasteiger partial charge in [0.05, 0.1) is 11.3 Å². The first-order valence-electron chi connectivity index (χ1n) is 4.79. The first-order chi connectivity index (χ1) is 7.01. The fraction of sp³-hybridized carbons (Fsp3) is 0.667. The Bertz CT molecular complexity index is 373. The molecule has 0 radical (unpaired) electrons. The first kappa shape index (κ1) is 12.6. The van der Waals surface area contributed by atoms with Crippen molar-refractivity contribution in [2.45, 2.75) is 19.4 Å². The van der Waals surface area contributed by atoms with E-state index in [4.69, 9.17) is 0 Å². The van der Waals surface area contributed by atoms with Crippen molar-refractivity contribution in [2.75, 3.05) is 18.6 Å².